The topological polar surface area (TPSA) is 57.2 Å². The number of anilines is 3. The van der Waals surface area contributed by atoms with Crippen LogP contribution in [0.5, 0.6) is 0 Å². The van der Waals surface area contributed by atoms with E-state index in [1.54, 1.807) is 0 Å². The van der Waals surface area contributed by atoms with Crippen molar-refractivity contribution in [3.63, 3.8) is 0 Å². The van der Waals surface area contributed by atoms with Gasteiger partial charge in [0.1, 0.15) is 0 Å². The van der Waals surface area contributed by atoms with Crippen LogP contribution < -0.4 is 15.1 Å². The maximum absolute atomic E-state index is 4.66. The van der Waals surface area contributed by atoms with Crippen LogP contribution in [0, 0.1) is 5.92 Å². The van der Waals surface area contributed by atoms with Crippen LogP contribution >= 0.6 is 0 Å². The minimum absolute atomic E-state index is 0.650. The molecule has 1 saturated heterocycles. The molecule has 20 heavy (non-hydrogen) atoms. The molecule has 1 N–H and O–H groups in total. The Morgan fingerprint density at radius 3 is 2.50 bits per heavy atom. The zero-order valence-electron chi connectivity index (χ0n) is 13.1. The molecule has 112 valence electrons. The molecule has 1 fully saturated rings. The highest BCUT2D eigenvalue weighted by molar-refractivity contribution is 5.45. The van der Waals surface area contributed by atoms with Crippen LogP contribution in [0.1, 0.15) is 33.6 Å². The molecular formula is C14H26N6. The Morgan fingerprint density at radius 1 is 1.20 bits per heavy atom. The van der Waals surface area contributed by atoms with Crippen LogP contribution in [0.3, 0.4) is 0 Å². The average molecular weight is 278 g/mol. The van der Waals surface area contributed by atoms with Crippen molar-refractivity contribution in [1.82, 2.24) is 15.0 Å². The van der Waals surface area contributed by atoms with Crippen LogP contribution in [0.25, 0.3) is 0 Å². The number of hydrogen-bond donors (Lipinski definition) is 1. The molecule has 1 aromatic heterocycles. The molecule has 1 aliphatic rings. The van der Waals surface area contributed by atoms with E-state index in [2.05, 4.69) is 50.8 Å². The van der Waals surface area contributed by atoms with Gasteiger partial charge >= 0.3 is 0 Å². The van der Waals surface area contributed by atoms with E-state index in [4.69, 9.17) is 0 Å². The molecule has 2 heterocycles. The van der Waals surface area contributed by atoms with Crippen molar-refractivity contribution in [2.24, 2.45) is 5.92 Å². The maximum atomic E-state index is 4.66. The normalized spacial score (nSPS) is 18.4. The summed E-state index contributed by atoms with van der Waals surface area (Å²) in [5, 5.41) is 3.04. The first-order valence-electron chi connectivity index (χ1n) is 7.65. The Kier molecular flexibility index (Phi) is 4.98. The first-order chi connectivity index (χ1) is 9.71. The smallest absolute Gasteiger partial charge is 0.231 e. The molecule has 0 radical (unpaired) electrons. The molecule has 1 atom stereocenters. The van der Waals surface area contributed by atoms with Gasteiger partial charge in [0.15, 0.2) is 0 Å². The van der Waals surface area contributed by atoms with Gasteiger partial charge in [0.25, 0.3) is 0 Å². The Hall–Kier alpha value is -1.59. The molecule has 0 saturated carbocycles. The van der Waals surface area contributed by atoms with Crippen molar-refractivity contribution in [2.75, 3.05) is 48.3 Å². The van der Waals surface area contributed by atoms with Gasteiger partial charge in [-0.25, -0.2) is 0 Å². The summed E-state index contributed by atoms with van der Waals surface area (Å²) >= 11 is 0. The molecule has 0 aromatic carbocycles. The lowest BCUT2D eigenvalue weighted by Crippen LogP contribution is -2.28. The number of nitrogens with zero attached hydrogens (tertiary/aromatic N) is 5. The summed E-state index contributed by atoms with van der Waals surface area (Å²) in [6, 6.07) is 0. The Bertz CT molecular complexity index is 432. The van der Waals surface area contributed by atoms with Gasteiger partial charge in [0, 0.05) is 33.2 Å². The monoisotopic (exact) mass is 278 g/mol. The zero-order chi connectivity index (χ0) is 14.5. The summed E-state index contributed by atoms with van der Waals surface area (Å²) in [6.45, 7) is 10.4. The van der Waals surface area contributed by atoms with Crippen molar-refractivity contribution < 1.29 is 0 Å². The van der Waals surface area contributed by atoms with Crippen molar-refractivity contribution >= 4 is 17.8 Å². The number of hydrogen-bond acceptors (Lipinski definition) is 6. The van der Waals surface area contributed by atoms with E-state index in [1.807, 2.05) is 7.05 Å². The van der Waals surface area contributed by atoms with E-state index in [0.29, 0.717) is 5.95 Å². The van der Waals surface area contributed by atoms with Gasteiger partial charge < -0.3 is 15.1 Å². The van der Waals surface area contributed by atoms with Crippen molar-refractivity contribution in [3.8, 4) is 0 Å². The highest BCUT2D eigenvalue weighted by Gasteiger charge is 2.24. The first-order valence-corrected chi connectivity index (χ1v) is 7.65. The summed E-state index contributed by atoms with van der Waals surface area (Å²) in [6.07, 6.45) is 2.46. The second kappa shape index (κ2) is 6.72. The van der Waals surface area contributed by atoms with Crippen LogP contribution in [-0.4, -0.2) is 48.2 Å². The van der Waals surface area contributed by atoms with Crippen molar-refractivity contribution in [1.29, 1.82) is 0 Å². The van der Waals surface area contributed by atoms with Gasteiger partial charge in [0.05, 0.1) is 0 Å². The SMILES string of the molecule is CCC1CCN(c2nc(NC)nc(N(CC)CC)n2)C1. The lowest BCUT2D eigenvalue weighted by molar-refractivity contribution is 0.568. The Morgan fingerprint density at radius 2 is 1.95 bits per heavy atom. The summed E-state index contributed by atoms with van der Waals surface area (Å²) in [5.74, 6) is 2.99. The van der Waals surface area contributed by atoms with Crippen molar-refractivity contribution in [2.45, 2.75) is 33.6 Å². The fourth-order valence-corrected chi connectivity index (χ4v) is 2.60. The third-order valence-corrected chi connectivity index (χ3v) is 4.03. The van der Waals surface area contributed by atoms with Gasteiger partial charge in [-0.1, -0.05) is 13.3 Å². The lowest BCUT2D eigenvalue weighted by atomic mass is 10.1. The standard InChI is InChI=1S/C14H26N6/c1-5-11-8-9-20(10-11)14-17-12(15-4)16-13(18-14)19(6-2)7-3/h11H,5-10H2,1-4H3,(H,15,16,17,18). The van der Waals surface area contributed by atoms with Gasteiger partial charge in [-0.3, -0.25) is 0 Å². The molecule has 0 spiro atoms. The molecule has 0 amide bonds. The molecule has 1 unspecified atom stereocenters. The molecule has 0 aliphatic carbocycles. The maximum Gasteiger partial charge on any atom is 0.231 e. The summed E-state index contributed by atoms with van der Waals surface area (Å²) < 4.78 is 0. The van der Waals surface area contributed by atoms with Gasteiger partial charge in [-0.05, 0) is 26.2 Å². The molecule has 6 nitrogen and oxygen atoms in total. The third kappa shape index (κ3) is 3.11. The van der Waals surface area contributed by atoms with Crippen LogP contribution in [0.2, 0.25) is 0 Å². The minimum atomic E-state index is 0.650. The molecule has 1 aromatic rings. The van der Waals surface area contributed by atoms with E-state index in [0.717, 1.165) is 44.0 Å². The van der Waals surface area contributed by atoms with E-state index in [-0.39, 0.29) is 0 Å². The van der Waals surface area contributed by atoms with E-state index >= 15 is 0 Å². The van der Waals surface area contributed by atoms with Crippen LogP contribution in [-0.2, 0) is 0 Å². The second-order valence-corrected chi connectivity index (χ2v) is 5.19. The molecule has 0 bridgehead atoms. The highest BCUT2D eigenvalue weighted by Crippen LogP contribution is 2.24. The fraction of sp³-hybridized carbons (Fsp3) is 0.786. The average Bonchev–Trinajstić information content (AvgIpc) is 2.97. The minimum Gasteiger partial charge on any atom is -0.357 e. The second-order valence-electron chi connectivity index (χ2n) is 5.19. The largest absolute Gasteiger partial charge is 0.357 e. The number of rotatable bonds is 6. The number of nitrogens with one attached hydrogen (secondary N) is 1. The summed E-state index contributed by atoms with van der Waals surface area (Å²) in [5.41, 5.74) is 0. The predicted molar refractivity (Wildman–Crippen MR) is 83.5 cm³/mol. The predicted octanol–water partition coefficient (Wildman–Crippen LogP) is 2.00. The van der Waals surface area contributed by atoms with Crippen LogP contribution in [0.15, 0.2) is 0 Å². The van der Waals surface area contributed by atoms with E-state index in [9.17, 15) is 0 Å². The van der Waals surface area contributed by atoms with Gasteiger partial charge in [0.2, 0.25) is 17.8 Å². The summed E-state index contributed by atoms with van der Waals surface area (Å²) in [4.78, 5) is 18.1. The molecule has 2 rings (SSSR count). The molecular weight excluding hydrogens is 252 g/mol. The first kappa shape index (κ1) is 14.8. The quantitative estimate of drug-likeness (QED) is 0.859. The Labute approximate surface area is 121 Å². The zero-order valence-corrected chi connectivity index (χ0v) is 13.1. The molecule has 6 heteroatoms. The van der Waals surface area contributed by atoms with Crippen LogP contribution in [0.4, 0.5) is 17.8 Å². The molecule has 1 aliphatic heterocycles. The summed E-state index contributed by atoms with van der Waals surface area (Å²) in [7, 11) is 1.85. The Balaban J connectivity index is 2.26. The van der Waals surface area contributed by atoms with Crippen molar-refractivity contribution in [3.05, 3.63) is 0 Å². The lowest BCUT2D eigenvalue weighted by Gasteiger charge is -2.22. The third-order valence-electron chi connectivity index (χ3n) is 4.03. The van der Waals surface area contributed by atoms with E-state index < -0.39 is 0 Å². The highest BCUT2D eigenvalue weighted by atomic mass is 15.4. The van der Waals surface area contributed by atoms with Gasteiger partial charge in [-0.2, -0.15) is 15.0 Å². The van der Waals surface area contributed by atoms with Gasteiger partial charge in [-0.15, -0.1) is 0 Å². The van der Waals surface area contributed by atoms with E-state index in [1.165, 1.54) is 12.8 Å². The fourth-order valence-electron chi connectivity index (χ4n) is 2.60. The number of aromatic nitrogens is 3.